The fourth-order valence-electron chi connectivity index (χ4n) is 10.7. The van der Waals surface area contributed by atoms with Gasteiger partial charge in [0.15, 0.2) is 0 Å². The number of para-hydroxylation sites is 5. The summed E-state index contributed by atoms with van der Waals surface area (Å²) in [6, 6.07) is 51.9. The first-order valence-corrected chi connectivity index (χ1v) is 19.1. The molecule has 5 aliphatic heterocycles. The van der Waals surface area contributed by atoms with Gasteiger partial charge in [-0.1, -0.05) is 91.0 Å². The first-order valence-electron chi connectivity index (χ1n) is 19.1. The normalized spacial score (nSPS) is 14.6. The Morgan fingerprint density at radius 3 is 1.43 bits per heavy atom. The molecular weight excluding hydrogens is 690 g/mol. The third kappa shape index (κ3) is 3.19. The smallest absolute Gasteiger partial charge is 0.256 e. The predicted molar refractivity (Wildman–Crippen MR) is 226 cm³/mol. The second-order valence-corrected chi connectivity index (χ2v) is 15.5. The van der Waals surface area contributed by atoms with Crippen LogP contribution in [0.4, 0.5) is 34.1 Å². The molecule has 0 saturated heterocycles. The summed E-state index contributed by atoms with van der Waals surface area (Å²) < 4.78 is 26.9. The van der Waals surface area contributed by atoms with Crippen LogP contribution < -0.4 is 52.1 Å². The number of hydrogen-bond donors (Lipinski definition) is 0. The molecule has 0 radical (unpaired) electrons. The van der Waals surface area contributed by atoms with Gasteiger partial charge >= 0.3 is 0 Å². The van der Waals surface area contributed by atoms with Gasteiger partial charge in [-0.25, -0.2) is 0 Å². The number of nitrogens with zero attached hydrogens (tertiary/aromatic N) is 2. The van der Waals surface area contributed by atoms with E-state index in [1.165, 1.54) is 33.2 Å². The molecule has 10 aromatic rings. The van der Waals surface area contributed by atoms with E-state index in [0.717, 1.165) is 101 Å². The summed E-state index contributed by atoms with van der Waals surface area (Å²) in [7, 11) is 0. The minimum atomic E-state index is -0.0925. The largest absolute Gasteiger partial charge is 0.458 e. The van der Waals surface area contributed by atoms with Crippen molar-refractivity contribution in [3.8, 4) is 23.0 Å². The zero-order valence-corrected chi connectivity index (χ0v) is 29.5. The monoisotopic (exact) mass is 714 g/mol. The molecule has 15 rings (SSSR count). The van der Waals surface area contributed by atoms with E-state index in [-0.39, 0.29) is 13.4 Å². The van der Waals surface area contributed by atoms with Gasteiger partial charge in [0.25, 0.3) is 13.4 Å². The Labute approximate surface area is 319 Å². The average molecular weight is 714 g/mol. The maximum Gasteiger partial charge on any atom is 0.256 e. The van der Waals surface area contributed by atoms with Gasteiger partial charge in [0.2, 0.25) is 0 Å². The van der Waals surface area contributed by atoms with E-state index in [2.05, 4.69) is 131 Å². The van der Waals surface area contributed by atoms with Gasteiger partial charge < -0.3 is 28.1 Å². The molecule has 5 aliphatic rings. The standard InChI is InChI=1S/C48H24B2N2O4/c1-2-10-25(11-3-1)51-34-16-8-14-30-46(34)52-47-31(15-9-17-35(47)51)50-33-21-29-27-13-5-7-19-37(27)54-39(29)23-41(33)56-43-24-42-44(48(52)45(43)50)49(30)32-20-28-26-12-4-6-18-36(26)53-38(28)22-40(32)55-42/h1-24H. The van der Waals surface area contributed by atoms with Gasteiger partial charge in [-0.2, -0.15) is 0 Å². The highest BCUT2D eigenvalue weighted by atomic mass is 16.5. The molecule has 0 amide bonds. The fraction of sp³-hybridized carbons (Fsp3) is 0. The summed E-state index contributed by atoms with van der Waals surface area (Å²) in [5, 5.41) is 4.39. The number of anilines is 6. The van der Waals surface area contributed by atoms with Gasteiger partial charge in [0, 0.05) is 51.1 Å². The summed E-state index contributed by atoms with van der Waals surface area (Å²) in [6.07, 6.45) is 0. The van der Waals surface area contributed by atoms with Crippen LogP contribution >= 0.6 is 0 Å². The topological polar surface area (TPSA) is 51.2 Å². The lowest BCUT2D eigenvalue weighted by molar-refractivity contribution is 0.465. The number of furan rings is 2. The van der Waals surface area contributed by atoms with Crippen molar-refractivity contribution < 1.29 is 18.3 Å². The first kappa shape index (κ1) is 28.2. The van der Waals surface area contributed by atoms with E-state index in [1.54, 1.807) is 0 Å². The van der Waals surface area contributed by atoms with Gasteiger partial charge in [-0.15, -0.1) is 0 Å². The second kappa shape index (κ2) is 9.49. The maximum atomic E-state index is 7.04. The van der Waals surface area contributed by atoms with Crippen LogP contribution in [0.3, 0.4) is 0 Å². The summed E-state index contributed by atoms with van der Waals surface area (Å²) in [5.74, 6) is 3.22. The molecule has 0 atom stereocenters. The van der Waals surface area contributed by atoms with Crippen LogP contribution in [0.15, 0.2) is 154 Å². The zero-order chi connectivity index (χ0) is 36.0. The number of ether oxygens (including phenoxy) is 2. The molecule has 0 fully saturated rings. The van der Waals surface area contributed by atoms with Crippen molar-refractivity contribution in [3.63, 3.8) is 0 Å². The molecule has 8 aromatic carbocycles. The Morgan fingerprint density at radius 2 is 0.875 bits per heavy atom. The van der Waals surface area contributed by atoms with E-state index in [0.29, 0.717) is 0 Å². The molecule has 0 N–H and O–H groups in total. The summed E-state index contributed by atoms with van der Waals surface area (Å²) in [4.78, 5) is 4.99. The predicted octanol–water partition coefficient (Wildman–Crippen LogP) is 8.61. The minimum Gasteiger partial charge on any atom is -0.458 e. The van der Waals surface area contributed by atoms with E-state index in [1.807, 2.05) is 24.3 Å². The lowest BCUT2D eigenvalue weighted by Gasteiger charge is -2.51. The van der Waals surface area contributed by atoms with Crippen LogP contribution in [0.5, 0.6) is 23.0 Å². The Hall–Kier alpha value is -7.31. The molecule has 56 heavy (non-hydrogen) atoms. The van der Waals surface area contributed by atoms with Crippen LogP contribution in [0.25, 0.3) is 43.9 Å². The van der Waals surface area contributed by atoms with Gasteiger partial charge in [-0.05, 0) is 69.2 Å². The molecule has 256 valence electrons. The number of rotatable bonds is 1. The van der Waals surface area contributed by atoms with Crippen molar-refractivity contribution in [2.75, 3.05) is 9.80 Å². The third-order valence-electron chi connectivity index (χ3n) is 12.8. The maximum absolute atomic E-state index is 7.04. The Bertz CT molecular complexity index is 3280. The summed E-state index contributed by atoms with van der Waals surface area (Å²) in [5.41, 5.74) is 17.4. The molecule has 2 aromatic heterocycles. The Kier molecular flexibility index (Phi) is 4.77. The van der Waals surface area contributed by atoms with E-state index in [9.17, 15) is 0 Å². The highest BCUT2D eigenvalue weighted by Crippen LogP contribution is 2.57. The third-order valence-corrected chi connectivity index (χ3v) is 12.8. The average Bonchev–Trinajstić information content (AvgIpc) is 3.79. The first-order chi connectivity index (χ1) is 27.8. The van der Waals surface area contributed by atoms with E-state index in [4.69, 9.17) is 18.3 Å². The van der Waals surface area contributed by atoms with Crippen LogP contribution in [0.2, 0.25) is 0 Å². The molecule has 0 aliphatic carbocycles. The van der Waals surface area contributed by atoms with Crippen molar-refractivity contribution in [1.29, 1.82) is 0 Å². The fourth-order valence-corrected chi connectivity index (χ4v) is 10.7. The molecule has 0 bridgehead atoms. The van der Waals surface area contributed by atoms with Crippen molar-refractivity contribution in [1.82, 2.24) is 0 Å². The number of hydrogen-bond acceptors (Lipinski definition) is 6. The molecule has 6 nitrogen and oxygen atoms in total. The number of fused-ring (bicyclic) bond motifs is 12. The quantitative estimate of drug-likeness (QED) is 0.159. The SMILES string of the molecule is c1ccc(N2c3cccc4c3N3c5c(cccc52)B2c5cc6c(cc5Oc5cc7c(c3c52)B4c2cc3c(cc2O7)oc2ccccc23)oc2ccccc26)cc1. The minimum absolute atomic E-state index is 0.0925. The van der Waals surface area contributed by atoms with Crippen LogP contribution in [-0.2, 0) is 0 Å². The molecule has 8 heteroatoms. The van der Waals surface area contributed by atoms with Crippen molar-refractivity contribution in [2.24, 2.45) is 0 Å². The zero-order valence-electron chi connectivity index (χ0n) is 29.5. The summed E-state index contributed by atoms with van der Waals surface area (Å²) >= 11 is 0. The highest BCUT2D eigenvalue weighted by Gasteiger charge is 2.53. The second-order valence-electron chi connectivity index (χ2n) is 15.5. The van der Waals surface area contributed by atoms with Gasteiger partial charge in [0.05, 0.1) is 22.7 Å². The lowest BCUT2D eigenvalue weighted by Crippen LogP contribution is -2.67. The molecular formula is C48H24B2N2O4. The molecule has 0 unspecified atom stereocenters. The van der Waals surface area contributed by atoms with Crippen LogP contribution in [-0.4, -0.2) is 13.4 Å². The molecule has 0 saturated carbocycles. The number of benzene rings is 8. The molecule has 7 heterocycles. The van der Waals surface area contributed by atoms with Crippen molar-refractivity contribution >= 4 is 124 Å². The van der Waals surface area contributed by atoms with Crippen molar-refractivity contribution in [3.05, 3.63) is 146 Å². The molecule has 0 spiro atoms. The Morgan fingerprint density at radius 1 is 0.357 bits per heavy atom. The van der Waals surface area contributed by atoms with Crippen molar-refractivity contribution in [2.45, 2.75) is 0 Å². The van der Waals surface area contributed by atoms with Crippen LogP contribution in [0.1, 0.15) is 0 Å². The highest BCUT2D eigenvalue weighted by molar-refractivity contribution is 7.04. The van der Waals surface area contributed by atoms with Gasteiger partial charge in [0.1, 0.15) is 45.3 Å². The van der Waals surface area contributed by atoms with Crippen LogP contribution in [0, 0.1) is 0 Å². The van der Waals surface area contributed by atoms with Gasteiger partial charge in [-0.3, -0.25) is 0 Å². The van der Waals surface area contributed by atoms with E-state index >= 15 is 0 Å². The van der Waals surface area contributed by atoms with E-state index < -0.39 is 0 Å². The lowest BCUT2D eigenvalue weighted by atomic mass is 9.29. The summed E-state index contributed by atoms with van der Waals surface area (Å²) in [6.45, 7) is -0.185. The Balaban J connectivity index is 1.09.